The molecule has 4 aliphatic heterocycles. The van der Waals surface area contributed by atoms with E-state index in [1.54, 1.807) is 18.3 Å². The van der Waals surface area contributed by atoms with E-state index in [0.717, 1.165) is 43.0 Å². The van der Waals surface area contributed by atoms with Crippen molar-refractivity contribution in [3.05, 3.63) is 40.4 Å². The molecule has 1 aromatic heterocycles. The van der Waals surface area contributed by atoms with Gasteiger partial charge in [0.25, 0.3) is 11.8 Å². The van der Waals surface area contributed by atoms with Crippen molar-refractivity contribution in [3.63, 3.8) is 0 Å². The van der Waals surface area contributed by atoms with Gasteiger partial charge in [0.15, 0.2) is 5.13 Å². The van der Waals surface area contributed by atoms with Crippen molar-refractivity contribution in [1.82, 2.24) is 20.1 Å². The van der Waals surface area contributed by atoms with Gasteiger partial charge >= 0.3 is 0 Å². The van der Waals surface area contributed by atoms with Crippen molar-refractivity contribution < 1.29 is 23.9 Å². The second-order valence-electron chi connectivity index (χ2n) is 10.7. The van der Waals surface area contributed by atoms with Gasteiger partial charge in [-0.2, -0.15) is 0 Å². The molecule has 0 aliphatic carbocycles. The van der Waals surface area contributed by atoms with E-state index < -0.39 is 11.9 Å². The molecule has 1 aromatic carbocycles. The highest BCUT2D eigenvalue weighted by molar-refractivity contribution is 7.17. The summed E-state index contributed by atoms with van der Waals surface area (Å²) in [6, 6.07) is 4.68. The van der Waals surface area contributed by atoms with Crippen LogP contribution < -0.4 is 15.0 Å². The fourth-order valence-corrected chi connectivity index (χ4v) is 6.93. The van der Waals surface area contributed by atoms with Crippen LogP contribution in [0.25, 0.3) is 0 Å². The number of hydrogen-bond donors (Lipinski definition) is 1. The Labute approximate surface area is 231 Å². The predicted molar refractivity (Wildman–Crippen MR) is 145 cm³/mol. The van der Waals surface area contributed by atoms with Crippen LogP contribution in [0.1, 0.15) is 77.0 Å². The van der Waals surface area contributed by atoms with Crippen LogP contribution >= 0.6 is 11.3 Å². The number of carbonyl (C=O) groups excluding carboxylic acids is 4. The molecule has 1 unspecified atom stereocenters. The van der Waals surface area contributed by atoms with Crippen molar-refractivity contribution in [2.24, 2.45) is 0 Å². The lowest BCUT2D eigenvalue weighted by atomic mass is 10.0. The normalized spacial score (nSPS) is 23.6. The third kappa shape index (κ3) is 5.24. The number of amides is 4. The van der Waals surface area contributed by atoms with Gasteiger partial charge in [0, 0.05) is 38.2 Å². The summed E-state index contributed by atoms with van der Waals surface area (Å²) < 4.78 is 6.17. The average molecular weight is 552 g/mol. The molecule has 0 radical (unpaired) electrons. The van der Waals surface area contributed by atoms with Crippen LogP contribution in [0.2, 0.25) is 0 Å². The Kier molecular flexibility index (Phi) is 7.24. The average Bonchev–Trinajstić information content (AvgIpc) is 3.57. The molecule has 6 rings (SSSR count). The molecule has 2 atom stereocenters. The van der Waals surface area contributed by atoms with Crippen LogP contribution in [-0.2, 0) is 16.1 Å². The molecule has 206 valence electrons. The summed E-state index contributed by atoms with van der Waals surface area (Å²) >= 11 is 1.48. The minimum atomic E-state index is -0.643. The summed E-state index contributed by atoms with van der Waals surface area (Å²) in [4.78, 5) is 61.2. The fraction of sp³-hybridized carbons (Fsp3) is 0.536. The first-order chi connectivity index (χ1) is 19.0. The summed E-state index contributed by atoms with van der Waals surface area (Å²) in [5.41, 5.74) is 1.35. The fourth-order valence-electron chi connectivity index (χ4n) is 6.01. The molecule has 3 fully saturated rings. The lowest BCUT2D eigenvalue weighted by molar-refractivity contribution is -0.136. The summed E-state index contributed by atoms with van der Waals surface area (Å²) in [7, 11) is 0. The number of hydrogen-bond acceptors (Lipinski definition) is 8. The first-order valence-electron chi connectivity index (χ1n) is 13.9. The Bertz CT molecular complexity index is 1290. The molecular formula is C28H33N5O5S. The number of rotatable bonds is 6. The van der Waals surface area contributed by atoms with Gasteiger partial charge in [0.1, 0.15) is 23.3 Å². The molecule has 0 spiro atoms. The van der Waals surface area contributed by atoms with Crippen LogP contribution in [0.5, 0.6) is 5.75 Å². The van der Waals surface area contributed by atoms with E-state index in [1.807, 2.05) is 11.0 Å². The Morgan fingerprint density at radius 3 is 2.69 bits per heavy atom. The monoisotopic (exact) mass is 551 g/mol. The van der Waals surface area contributed by atoms with Crippen LogP contribution in [-0.4, -0.2) is 76.7 Å². The van der Waals surface area contributed by atoms with Gasteiger partial charge in [0.2, 0.25) is 11.8 Å². The van der Waals surface area contributed by atoms with Crippen LogP contribution in [0.15, 0.2) is 24.4 Å². The van der Waals surface area contributed by atoms with Gasteiger partial charge in [-0.05, 0) is 68.7 Å². The minimum absolute atomic E-state index is 0.0171. The van der Waals surface area contributed by atoms with Gasteiger partial charge in [-0.1, -0.05) is 11.3 Å². The molecule has 0 bridgehead atoms. The second kappa shape index (κ2) is 11.0. The smallest absolute Gasteiger partial charge is 0.266 e. The highest BCUT2D eigenvalue weighted by Gasteiger charge is 2.39. The highest BCUT2D eigenvalue weighted by Crippen LogP contribution is 2.32. The van der Waals surface area contributed by atoms with E-state index in [4.69, 9.17) is 4.74 Å². The standard InChI is InChI=1S/C28H33N5O5S/c34-24-10-9-22(25(35)30-24)33-16-18-14-20(7-8-21(18)26(33)36)38-17-19-6-2-5-13-32(19)27(37)23-15-29-28(39-23)31-11-3-1-4-12-31/h7-8,14-15,19,22H,1-6,9-13,16-17H2,(H,30,34,35)/t19-,22?/m1/s1. The van der Waals surface area contributed by atoms with Crippen molar-refractivity contribution in [3.8, 4) is 5.75 Å². The number of thiazole rings is 1. The Hall–Kier alpha value is -3.47. The molecule has 39 heavy (non-hydrogen) atoms. The number of carbonyl (C=O) groups is 4. The summed E-state index contributed by atoms with van der Waals surface area (Å²) in [6.07, 6.45) is 8.74. The van der Waals surface area contributed by atoms with E-state index in [9.17, 15) is 19.2 Å². The largest absolute Gasteiger partial charge is 0.491 e. The molecular weight excluding hydrogens is 518 g/mol. The maximum absolute atomic E-state index is 13.5. The molecule has 1 N–H and O–H groups in total. The number of benzene rings is 1. The minimum Gasteiger partial charge on any atom is -0.491 e. The van der Waals surface area contributed by atoms with E-state index >= 15 is 0 Å². The Morgan fingerprint density at radius 1 is 1.05 bits per heavy atom. The molecule has 11 heteroatoms. The highest BCUT2D eigenvalue weighted by atomic mass is 32.1. The topological polar surface area (TPSA) is 112 Å². The summed E-state index contributed by atoms with van der Waals surface area (Å²) in [5, 5.41) is 3.26. The van der Waals surface area contributed by atoms with Crippen molar-refractivity contribution in [1.29, 1.82) is 0 Å². The van der Waals surface area contributed by atoms with Gasteiger partial charge in [0.05, 0.1) is 12.2 Å². The third-order valence-electron chi connectivity index (χ3n) is 8.16. The maximum Gasteiger partial charge on any atom is 0.266 e. The number of fused-ring (bicyclic) bond motifs is 1. The van der Waals surface area contributed by atoms with E-state index in [0.29, 0.717) is 42.3 Å². The van der Waals surface area contributed by atoms with Gasteiger partial charge < -0.3 is 19.4 Å². The number of piperidine rings is 3. The van der Waals surface area contributed by atoms with Crippen LogP contribution in [0.3, 0.4) is 0 Å². The predicted octanol–water partition coefficient (Wildman–Crippen LogP) is 2.97. The van der Waals surface area contributed by atoms with E-state index in [1.165, 1.54) is 35.5 Å². The van der Waals surface area contributed by atoms with Gasteiger partial charge in [-0.3, -0.25) is 24.5 Å². The zero-order chi connectivity index (χ0) is 26.9. The lowest BCUT2D eigenvalue weighted by Gasteiger charge is -2.35. The van der Waals surface area contributed by atoms with Crippen molar-refractivity contribution in [2.75, 3.05) is 31.1 Å². The van der Waals surface area contributed by atoms with Crippen LogP contribution in [0, 0.1) is 0 Å². The first kappa shape index (κ1) is 25.8. The number of imide groups is 1. The summed E-state index contributed by atoms with van der Waals surface area (Å²) in [5.74, 6) is -0.277. The van der Waals surface area contributed by atoms with E-state index in [2.05, 4.69) is 15.2 Å². The maximum atomic E-state index is 13.5. The lowest BCUT2D eigenvalue weighted by Crippen LogP contribution is -2.52. The molecule has 4 aliphatic rings. The number of nitrogens with one attached hydrogen (secondary N) is 1. The SMILES string of the molecule is O=C1CCC(N2Cc3cc(OC[C@H]4CCCCN4C(=O)c4cnc(N5CCCCC5)s4)ccc3C2=O)C(=O)N1. The third-order valence-corrected chi connectivity index (χ3v) is 9.20. The molecule has 3 saturated heterocycles. The number of nitrogens with zero attached hydrogens (tertiary/aromatic N) is 4. The zero-order valence-electron chi connectivity index (χ0n) is 21.9. The second-order valence-corrected chi connectivity index (χ2v) is 11.7. The van der Waals surface area contributed by atoms with E-state index in [-0.39, 0.29) is 30.2 Å². The zero-order valence-corrected chi connectivity index (χ0v) is 22.7. The molecule has 10 nitrogen and oxygen atoms in total. The summed E-state index contributed by atoms with van der Waals surface area (Å²) in [6.45, 7) is 3.37. The molecule has 2 aromatic rings. The number of anilines is 1. The Morgan fingerprint density at radius 2 is 1.87 bits per heavy atom. The number of likely N-dealkylation sites (tertiary alicyclic amines) is 1. The molecule has 0 saturated carbocycles. The molecule has 5 heterocycles. The number of ether oxygens (including phenoxy) is 1. The van der Waals surface area contributed by atoms with Gasteiger partial charge in [-0.25, -0.2) is 4.98 Å². The van der Waals surface area contributed by atoms with Crippen molar-refractivity contribution in [2.45, 2.75) is 70.0 Å². The quantitative estimate of drug-likeness (QED) is 0.550. The van der Waals surface area contributed by atoms with Crippen LogP contribution in [0.4, 0.5) is 5.13 Å². The first-order valence-corrected chi connectivity index (χ1v) is 14.7. The number of aromatic nitrogens is 1. The van der Waals surface area contributed by atoms with Crippen molar-refractivity contribution >= 4 is 40.1 Å². The molecule has 4 amide bonds. The Balaban J connectivity index is 1.10. The van der Waals surface area contributed by atoms with Gasteiger partial charge in [-0.15, -0.1) is 0 Å².